The molecule has 0 spiro atoms. The minimum Gasteiger partial charge on any atom is -0.465 e. The SMILES string of the molecule is Cc1n[nH]c2ccc(Nc3ncnc4[nH]c(C5=CCN(C(=O)O)CC5)cc34)cc12. The summed E-state index contributed by atoms with van der Waals surface area (Å²) in [6.45, 7) is 2.84. The summed E-state index contributed by atoms with van der Waals surface area (Å²) in [4.78, 5) is 24.6. The molecule has 0 bridgehead atoms. The van der Waals surface area contributed by atoms with E-state index in [2.05, 4.69) is 30.5 Å². The Morgan fingerprint density at radius 1 is 1.24 bits per heavy atom. The first-order valence-electron chi connectivity index (χ1n) is 9.31. The molecule has 1 aromatic carbocycles. The van der Waals surface area contributed by atoms with Crippen molar-refractivity contribution in [2.75, 3.05) is 18.4 Å². The molecule has 9 heteroatoms. The predicted molar refractivity (Wildman–Crippen MR) is 110 cm³/mol. The molecule has 9 nitrogen and oxygen atoms in total. The summed E-state index contributed by atoms with van der Waals surface area (Å²) in [5.41, 5.74) is 5.61. The third-order valence-electron chi connectivity index (χ3n) is 5.27. The number of aromatic nitrogens is 5. The molecule has 4 N–H and O–H groups in total. The Balaban J connectivity index is 1.47. The van der Waals surface area contributed by atoms with Crippen molar-refractivity contribution in [1.82, 2.24) is 30.0 Å². The maximum atomic E-state index is 11.1. The van der Waals surface area contributed by atoms with Crippen LogP contribution < -0.4 is 5.32 Å². The number of benzene rings is 1. The van der Waals surface area contributed by atoms with Crippen molar-refractivity contribution in [3.05, 3.63) is 48.1 Å². The van der Waals surface area contributed by atoms with Gasteiger partial charge in [-0.15, -0.1) is 0 Å². The van der Waals surface area contributed by atoms with Gasteiger partial charge in [0, 0.05) is 29.9 Å². The van der Waals surface area contributed by atoms with Crippen molar-refractivity contribution in [3.8, 4) is 0 Å². The van der Waals surface area contributed by atoms with Crippen molar-refractivity contribution in [1.29, 1.82) is 0 Å². The molecule has 0 radical (unpaired) electrons. The molecule has 0 atom stereocenters. The van der Waals surface area contributed by atoms with Crippen LogP contribution >= 0.6 is 0 Å². The largest absolute Gasteiger partial charge is 0.465 e. The van der Waals surface area contributed by atoms with E-state index < -0.39 is 6.09 Å². The van der Waals surface area contributed by atoms with Crippen LogP contribution in [0.25, 0.3) is 27.5 Å². The van der Waals surface area contributed by atoms with Gasteiger partial charge in [0.15, 0.2) is 0 Å². The highest BCUT2D eigenvalue weighted by atomic mass is 16.4. The van der Waals surface area contributed by atoms with E-state index in [0.717, 1.165) is 44.6 Å². The smallest absolute Gasteiger partial charge is 0.407 e. The van der Waals surface area contributed by atoms with Crippen molar-refractivity contribution in [2.24, 2.45) is 0 Å². The van der Waals surface area contributed by atoms with Crippen LogP contribution in [0.3, 0.4) is 0 Å². The Labute approximate surface area is 165 Å². The molecule has 1 aliphatic heterocycles. The Morgan fingerprint density at radius 2 is 2.14 bits per heavy atom. The minimum absolute atomic E-state index is 0.390. The molecule has 0 saturated heterocycles. The summed E-state index contributed by atoms with van der Waals surface area (Å²) in [5.74, 6) is 0.710. The van der Waals surface area contributed by atoms with Crippen LogP contribution in [0.15, 0.2) is 36.7 Å². The number of rotatable bonds is 3. The maximum absolute atomic E-state index is 11.1. The number of nitrogens with one attached hydrogen (secondary N) is 3. The van der Waals surface area contributed by atoms with Crippen LogP contribution in [0.4, 0.5) is 16.3 Å². The second kappa shape index (κ2) is 6.62. The van der Waals surface area contributed by atoms with Crippen LogP contribution in [0.2, 0.25) is 0 Å². The summed E-state index contributed by atoms with van der Waals surface area (Å²) < 4.78 is 0. The zero-order valence-electron chi connectivity index (χ0n) is 15.7. The Morgan fingerprint density at radius 3 is 2.93 bits per heavy atom. The van der Waals surface area contributed by atoms with Gasteiger partial charge in [0.1, 0.15) is 17.8 Å². The highest BCUT2D eigenvalue weighted by Gasteiger charge is 2.18. The van der Waals surface area contributed by atoms with Gasteiger partial charge in [-0.05, 0) is 43.2 Å². The lowest BCUT2D eigenvalue weighted by Gasteiger charge is -2.23. The molecule has 146 valence electrons. The first-order chi connectivity index (χ1) is 14.1. The fourth-order valence-corrected chi connectivity index (χ4v) is 3.66. The van der Waals surface area contributed by atoms with Crippen LogP contribution in [-0.2, 0) is 0 Å². The van der Waals surface area contributed by atoms with Crippen molar-refractivity contribution in [2.45, 2.75) is 13.3 Å². The lowest BCUT2D eigenvalue weighted by molar-refractivity contribution is 0.150. The molecular formula is C20H19N7O2. The number of hydrogen-bond acceptors (Lipinski definition) is 5. The molecule has 1 amide bonds. The molecule has 4 aromatic rings. The van der Waals surface area contributed by atoms with Gasteiger partial charge in [-0.25, -0.2) is 14.8 Å². The number of hydrogen-bond donors (Lipinski definition) is 4. The first kappa shape index (κ1) is 17.2. The molecular weight excluding hydrogens is 370 g/mol. The second-order valence-corrected chi connectivity index (χ2v) is 7.07. The summed E-state index contributed by atoms with van der Waals surface area (Å²) in [6, 6.07) is 8.02. The van der Waals surface area contributed by atoms with E-state index in [-0.39, 0.29) is 0 Å². The molecule has 0 unspecified atom stereocenters. The second-order valence-electron chi connectivity index (χ2n) is 7.07. The molecule has 0 fully saturated rings. The molecule has 4 heterocycles. The zero-order chi connectivity index (χ0) is 20.0. The van der Waals surface area contributed by atoms with E-state index in [0.29, 0.717) is 25.3 Å². The molecule has 3 aromatic heterocycles. The molecule has 0 saturated carbocycles. The van der Waals surface area contributed by atoms with Crippen molar-refractivity contribution in [3.63, 3.8) is 0 Å². The minimum atomic E-state index is -0.890. The third kappa shape index (κ3) is 3.06. The summed E-state index contributed by atoms with van der Waals surface area (Å²) in [7, 11) is 0. The number of anilines is 2. The van der Waals surface area contributed by atoms with Gasteiger partial charge in [-0.2, -0.15) is 5.10 Å². The number of carboxylic acid groups (broad SMARTS) is 1. The third-order valence-corrected chi connectivity index (χ3v) is 5.27. The van der Waals surface area contributed by atoms with Crippen LogP contribution in [-0.4, -0.2) is 54.3 Å². The van der Waals surface area contributed by atoms with E-state index in [1.54, 1.807) is 0 Å². The van der Waals surface area contributed by atoms with E-state index in [1.165, 1.54) is 11.2 Å². The summed E-state index contributed by atoms with van der Waals surface area (Å²) >= 11 is 0. The highest BCUT2D eigenvalue weighted by Crippen LogP contribution is 2.30. The number of fused-ring (bicyclic) bond motifs is 2. The van der Waals surface area contributed by atoms with Crippen molar-refractivity contribution >= 4 is 45.1 Å². The Kier molecular flexibility index (Phi) is 3.94. The molecule has 29 heavy (non-hydrogen) atoms. The van der Waals surface area contributed by atoms with Gasteiger partial charge in [-0.3, -0.25) is 5.10 Å². The maximum Gasteiger partial charge on any atom is 0.407 e. The zero-order valence-corrected chi connectivity index (χ0v) is 15.7. The van der Waals surface area contributed by atoms with E-state index >= 15 is 0 Å². The van der Waals surface area contributed by atoms with E-state index in [9.17, 15) is 4.79 Å². The molecule has 5 rings (SSSR count). The molecule has 0 aliphatic carbocycles. The summed E-state index contributed by atoms with van der Waals surface area (Å²) in [5, 5.41) is 21.7. The number of H-pyrrole nitrogens is 2. The van der Waals surface area contributed by atoms with E-state index in [1.807, 2.05) is 37.3 Å². The van der Waals surface area contributed by atoms with Crippen molar-refractivity contribution < 1.29 is 9.90 Å². The van der Waals surface area contributed by atoms with Gasteiger partial charge >= 0.3 is 6.09 Å². The topological polar surface area (TPSA) is 123 Å². The Bertz CT molecular complexity index is 1270. The number of amides is 1. The first-order valence-corrected chi connectivity index (χ1v) is 9.31. The molecule has 1 aliphatic rings. The number of aromatic amines is 2. The average Bonchev–Trinajstić information content (AvgIpc) is 3.33. The van der Waals surface area contributed by atoms with Gasteiger partial charge < -0.3 is 20.3 Å². The number of nitrogens with zero attached hydrogens (tertiary/aromatic N) is 4. The van der Waals surface area contributed by atoms with Gasteiger partial charge in [0.2, 0.25) is 0 Å². The predicted octanol–water partition coefficient (Wildman–Crippen LogP) is 3.65. The summed E-state index contributed by atoms with van der Waals surface area (Å²) in [6.07, 6.45) is 3.23. The normalized spacial score (nSPS) is 14.4. The Hall–Kier alpha value is -3.88. The van der Waals surface area contributed by atoms with Gasteiger partial charge in [-0.1, -0.05) is 6.08 Å². The highest BCUT2D eigenvalue weighted by molar-refractivity contribution is 5.93. The lowest BCUT2D eigenvalue weighted by atomic mass is 10.1. The standard InChI is InChI=1S/C20H19N7O2/c1-11-14-8-13(2-3-16(14)26-25-11)23-18-15-9-17(24-19(15)22-10-21-18)12-4-6-27(7-5-12)20(28)29/h2-4,8-10H,5-7H2,1H3,(H,25,26)(H,28,29)(H2,21,22,23,24). The van der Waals surface area contributed by atoms with Crippen LogP contribution in [0.5, 0.6) is 0 Å². The van der Waals surface area contributed by atoms with Crippen LogP contribution in [0.1, 0.15) is 17.8 Å². The van der Waals surface area contributed by atoms with Gasteiger partial charge in [0.25, 0.3) is 0 Å². The quantitative estimate of drug-likeness (QED) is 0.424. The fourth-order valence-electron chi connectivity index (χ4n) is 3.66. The monoisotopic (exact) mass is 389 g/mol. The fraction of sp³-hybridized carbons (Fsp3) is 0.200. The lowest BCUT2D eigenvalue weighted by Crippen LogP contribution is -2.33. The van der Waals surface area contributed by atoms with Crippen LogP contribution in [0, 0.1) is 6.92 Å². The van der Waals surface area contributed by atoms with E-state index in [4.69, 9.17) is 5.11 Å². The number of carbonyl (C=O) groups is 1. The number of aryl methyl sites for hydroxylation is 1. The average molecular weight is 389 g/mol. The van der Waals surface area contributed by atoms with Gasteiger partial charge in [0.05, 0.1) is 16.6 Å².